The number of hydrogen-bond acceptors (Lipinski definition) is 2. The van der Waals surface area contributed by atoms with Crippen LogP contribution in [0.3, 0.4) is 0 Å². The third-order valence-electron chi connectivity index (χ3n) is 2.56. The van der Waals surface area contributed by atoms with Gasteiger partial charge in [0.1, 0.15) is 0 Å². The highest BCUT2D eigenvalue weighted by atomic mass is 16.1. The van der Waals surface area contributed by atoms with Crippen LogP contribution in [0, 0.1) is 0 Å². The topological polar surface area (TPSA) is 41.1 Å². The van der Waals surface area contributed by atoms with E-state index < -0.39 is 0 Å². The Balaban J connectivity index is 2.28. The molecule has 0 saturated carbocycles. The summed E-state index contributed by atoms with van der Waals surface area (Å²) in [6.07, 6.45) is 3.78. The Hall–Kier alpha value is -1.35. The van der Waals surface area contributed by atoms with Gasteiger partial charge in [-0.05, 0) is 30.7 Å². The minimum absolute atomic E-state index is 0.0320. The number of carbonyl (C=O) groups is 1. The highest BCUT2D eigenvalue weighted by molar-refractivity contribution is 5.88. The number of unbranched alkanes of at least 4 members (excludes halogenated alkanes) is 2. The Morgan fingerprint density at radius 3 is 2.47 bits per heavy atom. The third-order valence-corrected chi connectivity index (χ3v) is 2.56. The Bertz CT molecular complexity index is 333. The lowest BCUT2D eigenvalue weighted by Crippen LogP contribution is -2.14. The van der Waals surface area contributed by atoms with Crippen molar-refractivity contribution in [2.24, 2.45) is 0 Å². The molecule has 1 aromatic rings. The lowest BCUT2D eigenvalue weighted by atomic mass is 10.2. The molecule has 0 aliphatic heterocycles. The molecule has 17 heavy (non-hydrogen) atoms. The highest BCUT2D eigenvalue weighted by Crippen LogP contribution is 2.09. The van der Waals surface area contributed by atoms with E-state index in [0.717, 1.165) is 18.8 Å². The van der Waals surface area contributed by atoms with Crippen molar-refractivity contribution in [2.45, 2.75) is 39.7 Å². The van der Waals surface area contributed by atoms with Crippen LogP contribution in [0.5, 0.6) is 0 Å². The molecule has 94 valence electrons. The summed E-state index contributed by atoms with van der Waals surface area (Å²) in [7, 11) is 0. The molecule has 2 N–H and O–H groups in total. The predicted molar refractivity (Wildman–Crippen MR) is 72.0 cm³/mol. The molecule has 1 aromatic carbocycles. The van der Waals surface area contributed by atoms with Crippen molar-refractivity contribution in [1.82, 2.24) is 5.32 Å². The first-order valence-electron chi connectivity index (χ1n) is 6.29. The van der Waals surface area contributed by atoms with Gasteiger partial charge in [-0.25, -0.2) is 0 Å². The minimum atomic E-state index is -0.0320. The van der Waals surface area contributed by atoms with Gasteiger partial charge < -0.3 is 10.6 Å². The fourth-order valence-corrected chi connectivity index (χ4v) is 1.64. The van der Waals surface area contributed by atoms with Crippen LogP contribution in [-0.4, -0.2) is 12.5 Å². The second-order valence-electron chi connectivity index (χ2n) is 4.26. The van der Waals surface area contributed by atoms with Gasteiger partial charge in [-0.3, -0.25) is 4.79 Å². The molecule has 3 heteroatoms. The quantitative estimate of drug-likeness (QED) is 0.712. The number of rotatable bonds is 7. The van der Waals surface area contributed by atoms with Crippen LogP contribution in [0.1, 0.15) is 38.7 Å². The van der Waals surface area contributed by atoms with Gasteiger partial charge in [0.2, 0.25) is 5.91 Å². The zero-order valence-electron chi connectivity index (χ0n) is 10.8. The van der Waals surface area contributed by atoms with E-state index in [0.29, 0.717) is 0 Å². The standard InChI is InChI=1S/C14H22N2O/c1-3-4-5-10-15-11-13-6-8-14(9-7-13)16-12(2)17/h6-9,15H,3-5,10-11H2,1-2H3,(H,16,17). The molecule has 1 amide bonds. The molecule has 0 aliphatic rings. The Labute approximate surface area is 104 Å². The summed E-state index contributed by atoms with van der Waals surface area (Å²) in [6, 6.07) is 7.95. The maximum absolute atomic E-state index is 10.8. The van der Waals surface area contributed by atoms with Crippen LogP contribution in [0.2, 0.25) is 0 Å². The summed E-state index contributed by atoms with van der Waals surface area (Å²) in [4.78, 5) is 10.8. The zero-order chi connectivity index (χ0) is 12.5. The van der Waals surface area contributed by atoms with Crippen LogP contribution in [-0.2, 0) is 11.3 Å². The Kier molecular flexibility index (Phi) is 6.33. The molecule has 3 nitrogen and oxygen atoms in total. The monoisotopic (exact) mass is 234 g/mol. The van der Waals surface area contributed by atoms with E-state index in [9.17, 15) is 4.79 Å². The van der Waals surface area contributed by atoms with Crippen molar-refractivity contribution >= 4 is 11.6 Å². The van der Waals surface area contributed by atoms with Crippen molar-refractivity contribution in [1.29, 1.82) is 0 Å². The molecule has 0 aliphatic carbocycles. The summed E-state index contributed by atoms with van der Waals surface area (Å²) in [5.74, 6) is -0.0320. The van der Waals surface area contributed by atoms with Crippen LogP contribution in [0.15, 0.2) is 24.3 Å². The number of hydrogen-bond donors (Lipinski definition) is 2. The number of anilines is 1. The SMILES string of the molecule is CCCCCNCc1ccc(NC(C)=O)cc1. The lowest BCUT2D eigenvalue weighted by molar-refractivity contribution is -0.114. The summed E-state index contributed by atoms with van der Waals surface area (Å²) in [5.41, 5.74) is 2.10. The van der Waals surface area contributed by atoms with Crippen molar-refractivity contribution < 1.29 is 4.79 Å². The van der Waals surface area contributed by atoms with Gasteiger partial charge in [-0.2, -0.15) is 0 Å². The molecule has 0 heterocycles. The van der Waals surface area contributed by atoms with E-state index in [2.05, 4.69) is 17.6 Å². The second-order valence-corrected chi connectivity index (χ2v) is 4.26. The predicted octanol–water partition coefficient (Wildman–Crippen LogP) is 2.92. The first-order chi connectivity index (χ1) is 8.22. The number of benzene rings is 1. The van der Waals surface area contributed by atoms with Crippen LogP contribution < -0.4 is 10.6 Å². The van der Waals surface area contributed by atoms with E-state index in [1.807, 2.05) is 24.3 Å². The van der Waals surface area contributed by atoms with Crippen LogP contribution in [0.4, 0.5) is 5.69 Å². The van der Waals surface area contributed by atoms with Gasteiger partial charge in [0, 0.05) is 19.2 Å². The maximum atomic E-state index is 10.8. The zero-order valence-corrected chi connectivity index (χ0v) is 10.8. The van der Waals surface area contributed by atoms with Gasteiger partial charge >= 0.3 is 0 Å². The van der Waals surface area contributed by atoms with Gasteiger partial charge in [0.15, 0.2) is 0 Å². The molecule has 0 bridgehead atoms. The summed E-state index contributed by atoms with van der Waals surface area (Å²) < 4.78 is 0. The van der Waals surface area contributed by atoms with E-state index in [1.165, 1.54) is 31.7 Å². The van der Waals surface area contributed by atoms with Crippen molar-refractivity contribution in [3.63, 3.8) is 0 Å². The van der Waals surface area contributed by atoms with Gasteiger partial charge in [0.25, 0.3) is 0 Å². The molecule has 0 aromatic heterocycles. The minimum Gasteiger partial charge on any atom is -0.326 e. The molecule has 0 atom stereocenters. The third kappa shape index (κ3) is 6.07. The van der Waals surface area contributed by atoms with Crippen molar-refractivity contribution in [2.75, 3.05) is 11.9 Å². The van der Waals surface area contributed by atoms with Gasteiger partial charge in [-0.1, -0.05) is 31.9 Å². The lowest BCUT2D eigenvalue weighted by Gasteiger charge is -2.06. The van der Waals surface area contributed by atoms with E-state index in [-0.39, 0.29) is 5.91 Å². The first-order valence-corrected chi connectivity index (χ1v) is 6.29. The van der Waals surface area contributed by atoms with Gasteiger partial charge in [0.05, 0.1) is 0 Å². The largest absolute Gasteiger partial charge is 0.326 e. The summed E-state index contributed by atoms with van der Waals surface area (Å²) in [5, 5.41) is 6.17. The smallest absolute Gasteiger partial charge is 0.221 e. The molecular weight excluding hydrogens is 212 g/mol. The number of nitrogens with one attached hydrogen (secondary N) is 2. The molecule has 0 fully saturated rings. The molecule has 1 rings (SSSR count). The molecule has 0 spiro atoms. The molecular formula is C14H22N2O. The average molecular weight is 234 g/mol. The van der Waals surface area contributed by atoms with E-state index >= 15 is 0 Å². The summed E-state index contributed by atoms with van der Waals surface area (Å²) >= 11 is 0. The second kappa shape index (κ2) is 7.85. The number of carbonyl (C=O) groups excluding carboxylic acids is 1. The fraction of sp³-hybridized carbons (Fsp3) is 0.500. The van der Waals surface area contributed by atoms with E-state index in [1.54, 1.807) is 0 Å². The first kappa shape index (κ1) is 13.7. The number of amides is 1. The van der Waals surface area contributed by atoms with Gasteiger partial charge in [-0.15, -0.1) is 0 Å². The molecule has 0 radical (unpaired) electrons. The van der Waals surface area contributed by atoms with Crippen LogP contribution >= 0.6 is 0 Å². The summed E-state index contributed by atoms with van der Waals surface area (Å²) in [6.45, 7) is 5.69. The normalized spacial score (nSPS) is 10.2. The maximum Gasteiger partial charge on any atom is 0.221 e. The van der Waals surface area contributed by atoms with Crippen molar-refractivity contribution in [3.05, 3.63) is 29.8 Å². The molecule has 0 saturated heterocycles. The molecule has 0 unspecified atom stereocenters. The van der Waals surface area contributed by atoms with Crippen molar-refractivity contribution in [3.8, 4) is 0 Å². The van der Waals surface area contributed by atoms with E-state index in [4.69, 9.17) is 0 Å². The van der Waals surface area contributed by atoms with Crippen LogP contribution in [0.25, 0.3) is 0 Å². The Morgan fingerprint density at radius 2 is 1.88 bits per heavy atom. The average Bonchev–Trinajstić information content (AvgIpc) is 2.30. The Morgan fingerprint density at radius 1 is 1.18 bits per heavy atom. The fourth-order valence-electron chi connectivity index (χ4n) is 1.64. The highest BCUT2D eigenvalue weighted by Gasteiger charge is 1.96.